The van der Waals surface area contributed by atoms with Crippen LogP contribution in [0.1, 0.15) is 18.4 Å². The first-order valence-electron chi connectivity index (χ1n) is 8.39. The minimum Gasteiger partial charge on any atom is -0.325 e. The van der Waals surface area contributed by atoms with Gasteiger partial charge in [0.2, 0.25) is 5.91 Å². The van der Waals surface area contributed by atoms with E-state index < -0.39 is 14.9 Å². The van der Waals surface area contributed by atoms with Crippen LogP contribution in [0.3, 0.4) is 0 Å². The summed E-state index contributed by atoms with van der Waals surface area (Å²) in [5, 5.41) is 15.5. The van der Waals surface area contributed by atoms with Gasteiger partial charge in [0, 0.05) is 25.1 Å². The van der Waals surface area contributed by atoms with Crippen molar-refractivity contribution < 1.29 is 18.1 Å². The van der Waals surface area contributed by atoms with E-state index in [4.69, 9.17) is 0 Å². The van der Waals surface area contributed by atoms with Crippen molar-refractivity contribution in [2.45, 2.75) is 24.0 Å². The van der Waals surface area contributed by atoms with Gasteiger partial charge in [-0.05, 0) is 37.3 Å². The molecule has 1 N–H and O–H groups in total. The number of carbonyl (C=O) groups is 1. The highest BCUT2D eigenvalue weighted by Gasteiger charge is 2.32. The zero-order valence-electron chi connectivity index (χ0n) is 14.6. The largest absolute Gasteiger partial charge is 0.325 e. The fourth-order valence-electron chi connectivity index (χ4n) is 3.09. The fraction of sp³-hybridized carbons (Fsp3) is 0.353. The highest BCUT2D eigenvalue weighted by Crippen LogP contribution is 2.29. The van der Waals surface area contributed by atoms with Crippen LogP contribution in [0.15, 0.2) is 39.9 Å². The third-order valence-electron chi connectivity index (χ3n) is 4.67. The van der Waals surface area contributed by atoms with Crippen molar-refractivity contribution in [3.63, 3.8) is 0 Å². The van der Waals surface area contributed by atoms with Crippen molar-refractivity contribution in [3.05, 3.63) is 51.4 Å². The Bertz CT molecular complexity index is 949. The molecular weight excluding hydrogens is 390 g/mol. The first-order valence-corrected chi connectivity index (χ1v) is 10.7. The summed E-state index contributed by atoms with van der Waals surface area (Å²) in [5.74, 6) is -0.579. The van der Waals surface area contributed by atoms with Crippen LogP contribution < -0.4 is 5.32 Å². The molecule has 1 saturated heterocycles. The Balaban J connectivity index is 1.64. The van der Waals surface area contributed by atoms with Crippen molar-refractivity contribution in [2.75, 3.05) is 18.4 Å². The summed E-state index contributed by atoms with van der Waals surface area (Å²) >= 11 is 1.17. The molecule has 0 spiro atoms. The van der Waals surface area contributed by atoms with Crippen molar-refractivity contribution in [2.24, 2.45) is 5.92 Å². The summed E-state index contributed by atoms with van der Waals surface area (Å²) in [5.41, 5.74) is 0.751. The highest BCUT2D eigenvalue weighted by atomic mass is 32.2. The van der Waals surface area contributed by atoms with Crippen LogP contribution in [-0.4, -0.2) is 36.6 Å². The van der Waals surface area contributed by atoms with Gasteiger partial charge in [-0.3, -0.25) is 14.9 Å². The number of hydrogen-bond donors (Lipinski definition) is 1. The van der Waals surface area contributed by atoms with Crippen molar-refractivity contribution in [1.82, 2.24) is 4.31 Å². The Morgan fingerprint density at radius 3 is 2.56 bits per heavy atom. The van der Waals surface area contributed by atoms with Gasteiger partial charge in [0.15, 0.2) is 0 Å². The molecule has 1 amide bonds. The SMILES string of the molecule is Cc1c(NC(=O)C2CCN(S(=O)(=O)c3cccs3)CC2)cccc1[N+](=O)[O-]. The minimum atomic E-state index is -3.50. The number of hydrogen-bond acceptors (Lipinski definition) is 6. The van der Waals surface area contributed by atoms with Crippen LogP contribution in [0.2, 0.25) is 0 Å². The van der Waals surface area contributed by atoms with E-state index in [0.717, 1.165) is 0 Å². The number of amides is 1. The molecule has 0 radical (unpaired) electrons. The average Bonchev–Trinajstić information content (AvgIpc) is 3.19. The van der Waals surface area contributed by atoms with Crippen molar-refractivity contribution in [3.8, 4) is 0 Å². The van der Waals surface area contributed by atoms with Gasteiger partial charge in [-0.15, -0.1) is 11.3 Å². The molecule has 1 aromatic heterocycles. The maximum Gasteiger partial charge on any atom is 0.274 e. The minimum absolute atomic E-state index is 0.0512. The molecule has 3 rings (SSSR count). The third kappa shape index (κ3) is 4.02. The number of sulfonamides is 1. The number of carbonyl (C=O) groups excluding carboxylic acids is 1. The summed E-state index contributed by atoms with van der Waals surface area (Å²) in [6.45, 7) is 2.13. The summed E-state index contributed by atoms with van der Waals surface area (Å²) in [6, 6.07) is 7.80. The van der Waals surface area contributed by atoms with Crippen LogP contribution in [0.4, 0.5) is 11.4 Å². The molecule has 2 aromatic rings. The first-order chi connectivity index (χ1) is 12.8. The second-order valence-corrected chi connectivity index (χ2v) is 9.42. The Morgan fingerprint density at radius 2 is 1.96 bits per heavy atom. The standard InChI is InChI=1S/C17H19N3O5S2/c1-12-14(4-2-5-15(12)20(22)23)18-17(21)13-7-9-19(10-8-13)27(24,25)16-6-3-11-26-16/h2-6,11,13H,7-10H2,1H3,(H,18,21). The van der Waals surface area contributed by atoms with E-state index in [9.17, 15) is 23.3 Å². The smallest absolute Gasteiger partial charge is 0.274 e. The molecule has 1 aromatic carbocycles. The lowest BCUT2D eigenvalue weighted by atomic mass is 9.97. The Kier molecular flexibility index (Phi) is 5.59. The average molecular weight is 409 g/mol. The quantitative estimate of drug-likeness (QED) is 0.603. The number of benzene rings is 1. The summed E-state index contributed by atoms with van der Waals surface area (Å²) in [4.78, 5) is 23.1. The summed E-state index contributed by atoms with van der Waals surface area (Å²) < 4.78 is 26.8. The third-order valence-corrected chi connectivity index (χ3v) is 7.95. The molecule has 0 saturated carbocycles. The lowest BCUT2D eigenvalue weighted by Crippen LogP contribution is -2.41. The van der Waals surface area contributed by atoms with E-state index >= 15 is 0 Å². The highest BCUT2D eigenvalue weighted by molar-refractivity contribution is 7.91. The second kappa shape index (κ2) is 7.75. The van der Waals surface area contributed by atoms with Gasteiger partial charge < -0.3 is 5.32 Å². The van der Waals surface area contributed by atoms with Crippen molar-refractivity contribution >= 4 is 38.6 Å². The number of piperidine rings is 1. The van der Waals surface area contributed by atoms with E-state index in [0.29, 0.717) is 28.3 Å². The van der Waals surface area contributed by atoms with E-state index in [1.807, 2.05) is 0 Å². The topological polar surface area (TPSA) is 110 Å². The van der Waals surface area contributed by atoms with Gasteiger partial charge >= 0.3 is 0 Å². The van der Waals surface area contributed by atoms with Crippen LogP contribution in [-0.2, 0) is 14.8 Å². The van der Waals surface area contributed by atoms with E-state index in [1.165, 1.54) is 27.8 Å². The van der Waals surface area contributed by atoms with Gasteiger partial charge in [-0.25, -0.2) is 8.42 Å². The second-order valence-electron chi connectivity index (χ2n) is 6.31. The number of nitro benzene ring substituents is 1. The van der Waals surface area contributed by atoms with E-state index in [1.54, 1.807) is 30.5 Å². The van der Waals surface area contributed by atoms with Gasteiger partial charge in [0.25, 0.3) is 15.7 Å². The molecule has 1 aliphatic rings. The predicted octanol–water partition coefficient (Wildman–Crippen LogP) is 3.00. The monoisotopic (exact) mass is 409 g/mol. The Morgan fingerprint density at radius 1 is 1.26 bits per heavy atom. The van der Waals surface area contributed by atoms with Gasteiger partial charge in [0.1, 0.15) is 4.21 Å². The molecule has 1 aliphatic heterocycles. The molecule has 0 bridgehead atoms. The number of nitrogens with zero attached hydrogens (tertiary/aromatic N) is 2. The normalized spacial score (nSPS) is 16.2. The predicted molar refractivity (Wildman–Crippen MR) is 102 cm³/mol. The molecule has 0 aliphatic carbocycles. The molecule has 144 valence electrons. The fourth-order valence-corrected chi connectivity index (χ4v) is 5.70. The maximum atomic E-state index is 12.5. The Labute approximate surface area is 161 Å². The zero-order valence-corrected chi connectivity index (χ0v) is 16.3. The molecule has 10 heteroatoms. The van der Waals surface area contributed by atoms with Crippen LogP contribution in [0.25, 0.3) is 0 Å². The van der Waals surface area contributed by atoms with E-state index in [-0.39, 0.29) is 30.6 Å². The molecule has 0 unspecified atom stereocenters. The first kappa shape index (κ1) is 19.5. The molecular formula is C17H19N3O5S2. The van der Waals surface area contributed by atoms with Crippen LogP contribution in [0.5, 0.6) is 0 Å². The Hall–Kier alpha value is -2.30. The number of nitro groups is 1. The number of rotatable bonds is 5. The maximum absolute atomic E-state index is 12.5. The molecule has 2 heterocycles. The lowest BCUT2D eigenvalue weighted by Gasteiger charge is -2.30. The molecule has 1 fully saturated rings. The van der Waals surface area contributed by atoms with Gasteiger partial charge in [0.05, 0.1) is 16.2 Å². The van der Waals surface area contributed by atoms with Crippen LogP contribution in [0, 0.1) is 23.0 Å². The molecule has 27 heavy (non-hydrogen) atoms. The number of thiophene rings is 1. The summed E-state index contributed by atoms with van der Waals surface area (Å²) in [6.07, 6.45) is 0.814. The van der Waals surface area contributed by atoms with E-state index in [2.05, 4.69) is 5.32 Å². The molecule has 0 atom stereocenters. The lowest BCUT2D eigenvalue weighted by molar-refractivity contribution is -0.385. The van der Waals surface area contributed by atoms with Crippen molar-refractivity contribution in [1.29, 1.82) is 0 Å². The van der Waals surface area contributed by atoms with Gasteiger partial charge in [-0.1, -0.05) is 12.1 Å². The zero-order chi connectivity index (χ0) is 19.6. The van der Waals surface area contributed by atoms with Crippen LogP contribution >= 0.6 is 11.3 Å². The number of nitrogens with one attached hydrogen (secondary N) is 1. The van der Waals surface area contributed by atoms with Gasteiger partial charge in [-0.2, -0.15) is 4.31 Å². The molecule has 8 nitrogen and oxygen atoms in total. The summed E-state index contributed by atoms with van der Waals surface area (Å²) in [7, 11) is -3.50. The number of anilines is 1.